The van der Waals surface area contributed by atoms with Crippen molar-refractivity contribution in [3.63, 3.8) is 0 Å². The van der Waals surface area contributed by atoms with Crippen molar-refractivity contribution in [2.24, 2.45) is 12.8 Å². The molecule has 0 saturated carbocycles. The van der Waals surface area contributed by atoms with Gasteiger partial charge in [0.25, 0.3) is 0 Å². The molecule has 1 unspecified atom stereocenters. The maximum atomic E-state index is 6.01. The molecule has 1 atom stereocenters. The Hall–Kier alpha value is -1.40. The maximum absolute atomic E-state index is 6.01. The fraction of sp³-hybridized carbons (Fsp3) is 0.417. The van der Waals surface area contributed by atoms with Crippen molar-refractivity contribution in [1.82, 2.24) is 19.7 Å². The number of pyridine rings is 1. The van der Waals surface area contributed by atoms with Gasteiger partial charge in [0, 0.05) is 19.3 Å². The Balaban J connectivity index is 2.20. The fourth-order valence-electron chi connectivity index (χ4n) is 1.55. The van der Waals surface area contributed by atoms with Crippen molar-refractivity contribution in [2.75, 3.05) is 0 Å². The molecule has 0 aliphatic heterocycles. The third-order valence-corrected chi connectivity index (χ3v) is 3.83. The summed E-state index contributed by atoms with van der Waals surface area (Å²) in [5.74, 6) is 0. The Morgan fingerprint density at radius 3 is 3.00 bits per heavy atom. The number of nitrogens with zero attached hydrogens (tertiary/aromatic N) is 4. The number of hydrogen-bond donors (Lipinski definition) is 1. The van der Waals surface area contributed by atoms with Crippen LogP contribution in [0.15, 0.2) is 34.8 Å². The molecular formula is C12H17N5S. The molecule has 6 heteroatoms. The van der Waals surface area contributed by atoms with Gasteiger partial charge >= 0.3 is 0 Å². The van der Waals surface area contributed by atoms with Gasteiger partial charge in [-0.1, -0.05) is 13.0 Å². The van der Waals surface area contributed by atoms with E-state index in [-0.39, 0.29) is 6.04 Å². The van der Waals surface area contributed by atoms with Gasteiger partial charge in [0.05, 0.1) is 0 Å². The summed E-state index contributed by atoms with van der Waals surface area (Å²) in [4.78, 5) is 4.41. The van der Waals surface area contributed by atoms with Crippen molar-refractivity contribution in [1.29, 1.82) is 0 Å². The highest BCUT2D eigenvalue weighted by molar-refractivity contribution is 7.99. The molecule has 0 aliphatic carbocycles. The topological polar surface area (TPSA) is 69.6 Å². The third-order valence-electron chi connectivity index (χ3n) is 2.71. The zero-order valence-corrected chi connectivity index (χ0v) is 11.4. The van der Waals surface area contributed by atoms with Crippen molar-refractivity contribution in [2.45, 2.75) is 36.0 Å². The highest BCUT2D eigenvalue weighted by atomic mass is 32.2. The largest absolute Gasteiger partial charge is 0.327 e. The SMILES string of the molecule is CCC(N)Cc1cccnc1Sc1nncn1C. The minimum Gasteiger partial charge on any atom is -0.327 e. The Morgan fingerprint density at radius 2 is 2.33 bits per heavy atom. The van der Waals surface area contributed by atoms with Crippen LogP contribution in [0.4, 0.5) is 0 Å². The van der Waals surface area contributed by atoms with E-state index in [0.717, 1.165) is 23.0 Å². The lowest BCUT2D eigenvalue weighted by Gasteiger charge is -2.11. The number of rotatable bonds is 5. The van der Waals surface area contributed by atoms with E-state index in [0.29, 0.717) is 0 Å². The molecule has 2 aromatic heterocycles. The van der Waals surface area contributed by atoms with E-state index in [1.54, 1.807) is 12.5 Å². The smallest absolute Gasteiger partial charge is 0.197 e. The first-order chi connectivity index (χ1) is 8.70. The minimum absolute atomic E-state index is 0.174. The summed E-state index contributed by atoms with van der Waals surface area (Å²) in [7, 11) is 1.92. The van der Waals surface area contributed by atoms with E-state index >= 15 is 0 Å². The Morgan fingerprint density at radius 1 is 1.50 bits per heavy atom. The van der Waals surface area contributed by atoms with Crippen LogP contribution in [0.5, 0.6) is 0 Å². The van der Waals surface area contributed by atoms with Gasteiger partial charge in [-0.25, -0.2) is 4.98 Å². The Kier molecular flexibility index (Phi) is 4.33. The van der Waals surface area contributed by atoms with Crippen molar-refractivity contribution < 1.29 is 0 Å². The average Bonchev–Trinajstić information content (AvgIpc) is 2.77. The highest BCUT2D eigenvalue weighted by Gasteiger charge is 2.11. The van der Waals surface area contributed by atoms with Crippen LogP contribution >= 0.6 is 11.8 Å². The van der Waals surface area contributed by atoms with E-state index in [4.69, 9.17) is 5.73 Å². The van der Waals surface area contributed by atoms with Gasteiger partial charge in [-0.15, -0.1) is 10.2 Å². The van der Waals surface area contributed by atoms with Gasteiger partial charge in [0.1, 0.15) is 11.4 Å². The molecule has 96 valence electrons. The van der Waals surface area contributed by atoms with Crippen LogP contribution in [0.1, 0.15) is 18.9 Å². The standard InChI is InChI=1S/C12H17N5S/c1-3-10(13)7-9-5-4-6-14-11(9)18-12-16-15-8-17(12)2/h4-6,8,10H,3,7,13H2,1-2H3. The molecule has 2 heterocycles. The molecule has 0 fully saturated rings. The molecule has 2 aromatic rings. The number of hydrogen-bond acceptors (Lipinski definition) is 5. The van der Waals surface area contributed by atoms with Gasteiger partial charge in [-0.05, 0) is 36.2 Å². The monoisotopic (exact) mass is 263 g/mol. The van der Waals surface area contributed by atoms with Crippen LogP contribution in [-0.2, 0) is 13.5 Å². The lowest BCUT2D eigenvalue weighted by Crippen LogP contribution is -2.21. The summed E-state index contributed by atoms with van der Waals surface area (Å²) in [6.07, 6.45) is 5.27. The lowest BCUT2D eigenvalue weighted by atomic mass is 10.1. The summed E-state index contributed by atoms with van der Waals surface area (Å²) in [5, 5.41) is 9.71. The van der Waals surface area contributed by atoms with Crippen molar-refractivity contribution in [3.8, 4) is 0 Å². The van der Waals surface area contributed by atoms with Crippen LogP contribution < -0.4 is 5.73 Å². The number of aryl methyl sites for hydroxylation is 1. The van der Waals surface area contributed by atoms with Crippen molar-refractivity contribution in [3.05, 3.63) is 30.2 Å². The van der Waals surface area contributed by atoms with Crippen LogP contribution in [0.3, 0.4) is 0 Å². The van der Waals surface area contributed by atoms with Gasteiger partial charge in [0.2, 0.25) is 0 Å². The van der Waals surface area contributed by atoms with Crippen LogP contribution in [0.25, 0.3) is 0 Å². The second-order valence-corrected chi connectivity index (χ2v) is 5.12. The predicted octanol–water partition coefficient (Wildman–Crippen LogP) is 1.64. The highest BCUT2D eigenvalue weighted by Crippen LogP contribution is 2.27. The third kappa shape index (κ3) is 3.08. The summed E-state index contributed by atoms with van der Waals surface area (Å²) in [5.41, 5.74) is 7.17. The second-order valence-electron chi connectivity index (χ2n) is 4.17. The summed E-state index contributed by atoms with van der Waals surface area (Å²) >= 11 is 1.52. The van der Waals surface area contributed by atoms with E-state index in [9.17, 15) is 0 Å². The molecule has 5 nitrogen and oxygen atoms in total. The van der Waals surface area contributed by atoms with Crippen LogP contribution in [0, 0.1) is 0 Å². The lowest BCUT2D eigenvalue weighted by molar-refractivity contribution is 0.637. The minimum atomic E-state index is 0.174. The Bertz CT molecular complexity index is 511. The van der Waals surface area contributed by atoms with Gasteiger partial charge in [0.15, 0.2) is 5.16 Å². The fourth-order valence-corrected chi connectivity index (χ4v) is 2.40. The second kappa shape index (κ2) is 5.97. The zero-order valence-electron chi connectivity index (χ0n) is 10.6. The normalized spacial score (nSPS) is 12.6. The average molecular weight is 263 g/mol. The molecule has 0 spiro atoms. The number of nitrogens with two attached hydrogens (primary N) is 1. The maximum Gasteiger partial charge on any atom is 0.197 e. The molecule has 0 radical (unpaired) electrons. The van der Waals surface area contributed by atoms with Gasteiger partial charge < -0.3 is 10.3 Å². The molecule has 0 bridgehead atoms. The van der Waals surface area contributed by atoms with Crippen LogP contribution in [0.2, 0.25) is 0 Å². The van der Waals surface area contributed by atoms with E-state index < -0.39 is 0 Å². The zero-order chi connectivity index (χ0) is 13.0. The molecule has 18 heavy (non-hydrogen) atoms. The van der Waals surface area contributed by atoms with Crippen LogP contribution in [-0.4, -0.2) is 25.8 Å². The Labute approximate surface area is 111 Å². The first-order valence-corrected chi connectivity index (χ1v) is 6.73. The molecule has 2 rings (SSSR count). The van der Waals surface area contributed by atoms with E-state index in [2.05, 4.69) is 28.2 Å². The van der Waals surface area contributed by atoms with E-state index in [1.165, 1.54) is 17.3 Å². The first-order valence-electron chi connectivity index (χ1n) is 5.92. The van der Waals surface area contributed by atoms with Crippen molar-refractivity contribution >= 4 is 11.8 Å². The van der Waals surface area contributed by atoms with Gasteiger partial charge in [-0.3, -0.25) is 0 Å². The molecule has 2 N–H and O–H groups in total. The summed E-state index contributed by atoms with van der Waals surface area (Å²) in [6, 6.07) is 4.19. The molecule has 0 saturated heterocycles. The van der Waals surface area contributed by atoms with Gasteiger partial charge in [-0.2, -0.15) is 0 Å². The molecule has 0 aliphatic rings. The molecule has 0 aromatic carbocycles. The summed E-state index contributed by atoms with van der Waals surface area (Å²) < 4.78 is 1.88. The quantitative estimate of drug-likeness (QED) is 0.888. The molecule has 0 amide bonds. The predicted molar refractivity (Wildman–Crippen MR) is 71.3 cm³/mol. The molecular weight excluding hydrogens is 246 g/mol. The number of aromatic nitrogens is 4. The first kappa shape index (κ1) is 13.0. The van der Waals surface area contributed by atoms with E-state index in [1.807, 2.05) is 17.7 Å². The summed E-state index contributed by atoms with van der Waals surface area (Å²) in [6.45, 7) is 2.09.